The predicted molar refractivity (Wildman–Crippen MR) is 125 cm³/mol. The molecular formula is C26H28F3N3O2. The van der Waals surface area contributed by atoms with Crippen LogP contribution in [-0.4, -0.2) is 36.9 Å². The summed E-state index contributed by atoms with van der Waals surface area (Å²) in [6.45, 7) is 5.19. The van der Waals surface area contributed by atoms with Gasteiger partial charge >= 0.3 is 6.18 Å². The second-order valence-corrected chi connectivity index (χ2v) is 8.42. The Morgan fingerprint density at radius 2 is 2.00 bits per heavy atom. The van der Waals surface area contributed by atoms with E-state index in [4.69, 9.17) is 0 Å². The largest absolute Gasteiger partial charge is 0.416 e. The highest BCUT2D eigenvalue weighted by Gasteiger charge is 2.35. The number of nitrogens with zero attached hydrogens (tertiary/aromatic N) is 2. The monoisotopic (exact) mass is 471 g/mol. The van der Waals surface area contributed by atoms with Crippen molar-refractivity contribution in [3.63, 3.8) is 0 Å². The first-order chi connectivity index (χ1) is 16.2. The number of aryl methyl sites for hydroxylation is 1. The highest BCUT2D eigenvalue weighted by atomic mass is 19.4. The summed E-state index contributed by atoms with van der Waals surface area (Å²) < 4.78 is 41.8. The summed E-state index contributed by atoms with van der Waals surface area (Å²) in [5.41, 5.74) is 0.876. The quantitative estimate of drug-likeness (QED) is 0.465. The van der Waals surface area contributed by atoms with E-state index in [0.29, 0.717) is 42.9 Å². The van der Waals surface area contributed by atoms with Crippen LogP contribution in [0.15, 0.2) is 42.5 Å². The number of rotatable bonds is 8. The third-order valence-electron chi connectivity index (χ3n) is 5.95. The molecule has 5 nitrogen and oxygen atoms in total. The van der Waals surface area contributed by atoms with Crippen LogP contribution in [0.2, 0.25) is 0 Å². The van der Waals surface area contributed by atoms with Gasteiger partial charge in [0.15, 0.2) is 0 Å². The third kappa shape index (κ3) is 6.39. The number of anilines is 1. The van der Waals surface area contributed by atoms with E-state index in [-0.39, 0.29) is 30.5 Å². The molecule has 1 unspecified atom stereocenters. The van der Waals surface area contributed by atoms with E-state index in [1.807, 2.05) is 0 Å². The standard InChI is InChI=1S/C26H28F3N3O2/c1-3-7-25(34)31-11-10-20(16-31)14-30-15-21-12-19(2)23(24(13-21)26(27,28)29)17-32(18-33)22-8-5-4-6-9-22/h4-6,8-9,12-13,18,20,30H,10-11,14-17H2,1-2H3. The molecule has 1 atom stereocenters. The van der Waals surface area contributed by atoms with Crippen molar-refractivity contribution in [2.24, 2.45) is 5.92 Å². The van der Waals surface area contributed by atoms with E-state index < -0.39 is 11.7 Å². The zero-order chi connectivity index (χ0) is 24.7. The molecule has 3 rings (SSSR count). The molecule has 0 saturated carbocycles. The molecule has 1 aliphatic rings. The minimum atomic E-state index is -4.55. The lowest BCUT2D eigenvalue weighted by atomic mass is 9.97. The average molecular weight is 472 g/mol. The molecule has 0 radical (unpaired) electrons. The number of carbonyl (C=O) groups is 2. The molecule has 1 fully saturated rings. The van der Waals surface area contributed by atoms with Crippen LogP contribution in [0.25, 0.3) is 0 Å². The minimum absolute atomic E-state index is 0.0779. The second-order valence-electron chi connectivity index (χ2n) is 8.42. The van der Waals surface area contributed by atoms with Crippen LogP contribution in [0.4, 0.5) is 18.9 Å². The number of amides is 2. The molecule has 2 amide bonds. The normalized spacial score (nSPS) is 15.6. The molecule has 1 N–H and O–H groups in total. The Hall–Kier alpha value is -3.31. The molecule has 2 aromatic rings. The summed E-state index contributed by atoms with van der Waals surface area (Å²) in [6.07, 6.45) is -3.17. The summed E-state index contributed by atoms with van der Waals surface area (Å²) in [5, 5.41) is 3.23. The van der Waals surface area contributed by atoms with E-state index in [9.17, 15) is 22.8 Å². The van der Waals surface area contributed by atoms with E-state index in [1.54, 1.807) is 55.1 Å². The highest BCUT2D eigenvalue weighted by molar-refractivity contribution is 5.93. The lowest BCUT2D eigenvalue weighted by Gasteiger charge is -2.23. The van der Waals surface area contributed by atoms with Gasteiger partial charge in [-0.05, 0) is 67.0 Å². The molecule has 0 bridgehead atoms. The maximum Gasteiger partial charge on any atom is 0.416 e. The molecule has 8 heteroatoms. The molecule has 0 spiro atoms. The predicted octanol–water partition coefficient (Wildman–Crippen LogP) is 4.14. The summed E-state index contributed by atoms with van der Waals surface area (Å²) in [5.74, 6) is 5.18. The highest BCUT2D eigenvalue weighted by Crippen LogP contribution is 2.35. The third-order valence-corrected chi connectivity index (χ3v) is 5.95. The SMILES string of the molecule is CC#CC(=O)N1CCC(CNCc2cc(C)c(CN(C=O)c3ccccc3)c(C(F)(F)F)c2)C1. The van der Waals surface area contributed by atoms with Crippen molar-refractivity contribution in [1.82, 2.24) is 10.2 Å². The van der Waals surface area contributed by atoms with Crippen LogP contribution in [0, 0.1) is 24.7 Å². The molecule has 1 aliphatic heterocycles. The number of nitrogens with one attached hydrogen (secondary N) is 1. The Balaban J connectivity index is 1.70. The van der Waals surface area contributed by atoms with Crippen LogP contribution in [0.1, 0.15) is 35.6 Å². The summed E-state index contributed by atoms with van der Waals surface area (Å²) in [4.78, 5) is 26.5. The second kappa shape index (κ2) is 11.2. The maximum atomic E-state index is 13.9. The van der Waals surface area contributed by atoms with Crippen molar-refractivity contribution >= 4 is 18.0 Å². The zero-order valence-corrected chi connectivity index (χ0v) is 19.3. The van der Waals surface area contributed by atoms with Gasteiger partial charge in [-0.2, -0.15) is 13.2 Å². The first-order valence-corrected chi connectivity index (χ1v) is 11.1. The van der Waals surface area contributed by atoms with Crippen molar-refractivity contribution in [2.45, 2.75) is 39.5 Å². The Kier molecular flexibility index (Phi) is 8.35. The van der Waals surface area contributed by atoms with Gasteiger partial charge in [0, 0.05) is 31.9 Å². The molecule has 1 saturated heterocycles. The van der Waals surface area contributed by atoms with Crippen molar-refractivity contribution in [3.8, 4) is 11.8 Å². The fraction of sp³-hybridized carbons (Fsp3) is 0.385. The van der Waals surface area contributed by atoms with Gasteiger partial charge in [-0.1, -0.05) is 30.2 Å². The van der Waals surface area contributed by atoms with Gasteiger partial charge in [0.1, 0.15) is 0 Å². The summed E-state index contributed by atoms with van der Waals surface area (Å²) >= 11 is 0. The van der Waals surface area contributed by atoms with Gasteiger partial charge in [0.05, 0.1) is 12.1 Å². The van der Waals surface area contributed by atoms with Gasteiger partial charge in [0.2, 0.25) is 6.41 Å². The number of para-hydroxylation sites is 1. The van der Waals surface area contributed by atoms with Gasteiger partial charge in [-0.15, -0.1) is 0 Å². The first kappa shape index (κ1) is 25.3. The molecule has 2 aromatic carbocycles. The summed E-state index contributed by atoms with van der Waals surface area (Å²) in [7, 11) is 0. The van der Waals surface area contributed by atoms with Crippen LogP contribution >= 0.6 is 0 Å². The van der Waals surface area contributed by atoms with Gasteiger partial charge in [0.25, 0.3) is 5.91 Å². The van der Waals surface area contributed by atoms with Crippen LogP contribution < -0.4 is 10.2 Å². The van der Waals surface area contributed by atoms with Crippen molar-refractivity contribution in [1.29, 1.82) is 0 Å². The smallest absolute Gasteiger partial charge is 0.332 e. The van der Waals surface area contributed by atoms with Crippen molar-refractivity contribution in [2.75, 3.05) is 24.5 Å². The van der Waals surface area contributed by atoms with E-state index in [1.165, 1.54) is 4.90 Å². The Bertz CT molecular complexity index is 1070. The number of likely N-dealkylation sites (tertiary alicyclic amines) is 1. The topological polar surface area (TPSA) is 52.7 Å². The Morgan fingerprint density at radius 1 is 1.26 bits per heavy atom. The van der Waals surface area contributed by atoms with Crippen molar-refractivity contribution < 1.29 is 22.8 Å². The van der Waals surface area contributed by atoms with Crippen LogP contribution in [0.3, 0.4) is 0 Å². The summed E-state index contributed by atoms with van der Waals surface area (Å²) in [6, 6.07) is 11.5. The van der Waals surface area contributed by atoms with Crippen molar-refractivity contribution in [3.05, 3.63) is 64.7 Å². The fourth-order valence-electron chi connectivity index (χ4n) is 4.23. The molecule has 0 aliphatic carbocycles. The Labute approximate surface area is 197 Å². The number of halogens is 3. The number of carbonyl (C=O) groups excluding carboxylic acids is 2. The molecular weight excluding hydrogens is 443 g/mol. The van der Waals surface area contributed by atoms with E-state index in [0.717, 1.165) is 12.5 Å². The number of hydrogen-bond donors (Lipinski definition) is 1. The number of benzene rings is 2. The van der Waals surface area contributed by atoms with Gasteiger partial charge in [-0.25, -0.2) is 0 Å². The van der Waals surface area contributed by atoms with Crippen LogP contribution in [0.5, 0.6) is 0 Å². The fourth-order valence-corrected chi connectivity index (χ4v) is 4.23. The molecule has 1 heterocycles. The Morgan fingerprint density at radius 3 is 2.65 bits per heavy atom. The average Bonchev–Trinajstić information content (AvgIpc) is 3.27. The van der Waals surface area contributed by atoms with Gasteiger partial charge in [-0.3, -0.25) is 9.59 Å². The lowest BCUT2D eigenvalue weighted by Crippen LogP contribution is -2.30. The number of hydrogen-bond acceptors (Lipinski definition) is 3. The zero-order valence-electron chi connectivity index (χ0n) is 19.3. The lowest BCUT2D eigenvalue weighted by molar-refractivity contribution is -0.138. The number of alkyl halides is 3. The van der Waals surface area contributed by atoms with Gasteiger partial charge < -0.3 is 15.1 Å². The molecule has 34 heavy (non-hydrogen) atoms. The first-order valence-electron chi connectivity index (χ1n) is 11.1. The van der Waals surface area contributed by atoms with E-state index in [2.05, 4.69) is 17.2 Å². The molecule has 0 aromatic heterocycles. The molecule has 180 valence electrons. The van der Waals surface area contributed by atoms with Crippen LogP contribution in [-0.2, 0) is 28.9 Å². The maximum absolute atomic E-state index is 13.9. The minimum Gasteiger partial charge on any atom is -0.332 e. The van der Waals surface area contributed by atoms with E-state index >= 15 is 0 Å².